The van der Waals surface area contributed by atoms with E-state index < -0.39 is 15.9 Å². The Morgan fingerprint density at radius 3 is 2.94 bits per heavy atom. The van der Waals surface area contributed by atoms with Gasteiger partial charge in [0.25, 0.3) is 0 Å². The maximum atomic E-state index is 13.1. The number of carbonyl (C=O) groups excluding carboxylic acids is 1. The number of benzene rings is 2. The van der Waals surface area contributed by atoms with E-state index in [4.69, 9.17) is 16.3 Å². The van der Waals surface area contributed by atoms with Crippen LogP contribution in [-0.2, 0) is 14.8 Å². The van der Waals surface area contributed by atoms with Gasteiger partial charge in [-0.2, -0.15) is 8.68 Å². The average molecular weight is 480 g/mol. The summed E-state index contributed by atoms with van der Waals surface area (Å²) < 4.78 is 38.2. The second kappa shape index (κ2) is 9.12. The second-order valence-corrected chi connectivity index (χ2v) is 10.5. The molecule has 1 aliphatic heterocycles. The van der Waals surface area contributed by atoms with Crippen LogP contribution in [0.5, 0.6) is 5.75 Å². The molecule has 1 saturated heterocycles. The molecule has 3 aromatic rings. The normalized spacial score (nSPS) is 17.5. The quantitative estimate of drug-likeness (QED) is 0.566. The van der Waals surface area contributed by atoms with Crippen molar-refractivity contribution in [1.29, 1.82) is 0 Å². The summed E-state index contributed by atoms with van der Waals surface area (Å²) in [5, 5.41) is 4.12. The first-order chi connectivity index (χ1) is 14.9. The topological polar surface area (TPSA) is 88.6 Å². The first-order valence-electron chi connectivity index (χ1n) is 9.96. The monoisotopic (exact) mass is 479 g/mol. The fourth-order valence-corrected chi connectivity index (χ4v) is 6.11. The number of aromatic nitrogens is 1. The molecule has 2 heterocycles. The molecule has 1 atom stereocenters. The predicted molar refractivity (Wildman–Crippen MR) is 122 cm³/mol. The number of hydrogen-bond acceptors (Lipinski definition) is 6. The molecule has 1 amide bonds. The first-order valence-corrected chi connectivity index (χ1v) is 12.6. The van der Waals surface area contributed by atoms with Crippen molar-refractivity contribution in [3.63, 3.8) is 0 Å². The van der Waals surface area contributed by atoms with Crippen molar-refractivity contribution < 1.29 is 17.9 Å². The maximum Gasteiger partial charge on any atom is 0.243 e. The summed E-state index contributed by atoms with van der Waals surface area (Å²) in [4.78, 5) is 12.9. The van der Waals surface area contributed by atoms with E-state index in [9.17, 15) is 13.2 Å². The second-order valence-electron chi connectivity index (χ2n) is 7.30. The van der Waals surface area contributed by atoms with Crippen molar-refractivity contribution in [2.45, 2.75) is 24.7 Å². The summed E-state index contributed by atoms with van der Waals surface area (Å²) >= 11 is 7.57. The minimum Gasteiger partial charge on any atom is -0.492 e. The lowest BCUT2D eigenvalue weighted by molar-refractivity contribution is -0.120. The molecule has 0 bridgehead atoms. The Hall–Kier alpha value is -2.20. The molecule has 1 aromatic heterocycles. The lowest BCUT2D eigenvalue weighted by Gasteiger charge is -2.31. The summed E-state index contributed by atoms with van der Waals surface area (Å²) in [5.74, 6) is -0.179. The number of hydrogen-bond donors (Lipinski definition) is 1. The van der Waals surface area contributed by atoms with Crippen LogP contribution < -0.4 is 10.1 Å². The van der Waals surface area contributed by atoms with Gasteiger partial charge in [-0.15, -0.1) is 0 Å². The zero-order valence-electron chi connectivity index (χ0n) is 16.9. The number of piperidine rings is 1. The lowest BCUT2D eigenvalue weighted by Crippen LogP contribution is -2.43. The van der Waals surface area contributed by atoms with Gasteiger partial charge in [0.05, 0.1) is 27.1 Å². The standard InChI is InChI=1S/C21H22ClN3O4S2/c1-2-29-19-7-6-17(11-18(19)22)31(27,28)25-9-3-4-14(13-25)21(26)24-16-5-8-20-15(10-16)12-23-30-20/h5-8,10-12,14H,2-4,9,13H2,1H3,(H,24,26)/t14-/m0/s1. The Kier molecular flexibility index (Phi) is 6.47. The van der Waals surface area contributed by atoms with Crippen LogP contribution in [0.25, 0.3) is 10.1 Å². The zero-order valence-corrected chi connectivity index (χ0v) is 19.3. The summed E-state index contributed by atoms with van der Waals surface area (Å²) in [6.07, 6.45) is 2.99. The highest BCUT2D eigenvalue weighted by molar-refractivity contribution is 7.89. The minimum absolute atomic E-state index is 0.0948. The van der Waals surface area contributed by atoms with E-state index >= 15 is 0 Å². The molecule has 4 rings (SSSR count). The fourth-order valence-electron chi connectivity index (χ4n) is 3.63. The number of anilines is 1. The van der Waals surface area contributed by atoms with Crippen molar-refractivity contribution >= 4 is 54.8 Å². The molecule has 10 heteroatoms. The van der Waals surface area contributed by atoms with Gasteiger partial charge in [0.15, 0.2) is 0 Å². The summed E-state index contributed by atoms with van der Waals surface area (Å²) in [6, 6.07) is 10.1. The van der Waals surface area contributed by atoms with Crippen LogP contribution in [0.2, 0.25) is 5.02 Å². The van der Waals surface area contributed by atoms with E-state index in [0.29, 0.717) is 37.4 Å². The third-order valence-corrected chi connectivity index (χ3v) is 8.15. The Morgan fingerprint density at radius 1 is 1.32 bits per heavy atom. The fraction of sp³-hybridized carbons (Fsp3) is 0.333. The van der Waals surface area contributed by atoms with Crippen molar-refractivity contribution in [2.75, 3.05) is 25.0 Å². The highest BCUT2D eigenvalue weighted by Gasteiger charge is 2.33. The summed E-state index contributed by atoms with van der Waals surface area (Å²) in [6.45, 7) is 2.75. The summed E-state index contributed by atoms with van der Waals surface area (Å²) in [5.41, 5.74) is 0.677. The van der Waals surface area contributed by atoms with Gasteiger partial charge in [-0.05, 0) is 67.7 Å². The Labute approximate surface area is 190 Å². The maximum absolute atomic E-state index is 13.1. The molecule has 0 aliphatic carbocycles. The number of halogens is 1. The predicted octanol–water partition coefficient (Wildman–Crippen LogP) is 4.39. The number of amides is 1. The van der Waals surface area contributed by atoms with Gasteiger partial charge in [0.1, 0.15) is 5.75 Å². The Balaban J connectivity index is 1.48. The molecule has 1 aliphatic rings. The molecule has 2 aromatic carbocycles. The van der Waals surface area contributed by atoms with Gasteiger partial charge in [-0.1, -0.05) is 11.6 Å². The van der Waals surface area contributed by atoms with Crippen LogP contribution in [0.3, 0.4) is 0 Å². The molecule has 1 fully saturated rings. The molecule has 7 nitrogen and oxygen atoms in total. The number of nitrogens with zero attached hydrogens (tertiary/aromatic N) is 2. The Bertz CT molecular complexity index is 1210. The van der Waals surface area contributed by atoms with Crippen LogP contribution in [0, 0.1) is 5.92 Å². The molecule has 0 unspecified atom stereocenters. The molecular formula is C21H22ClN3O4S2. The summed E-state index contributed by atoms with van der Waals surface area (Å²) in [7, 11) is -3.77. The third-order valence-electron chi connectivity index (χ3n) is 5.22. The largest absolute Gasteiger partial charge is 0.492 e. The molecule has 0 saturated carbocycles. The van der Waals surface area contributed by atoms with Crippen LogP contribution >= 0.6 is 23.1 Å². The van der Waals surface area contributed by atoms with Crippen LogP contribution in [0.15, 0.2) is 47.5 Å². The van der Waals surface area contributed by atoms with Crippen LogP contribution in [0.1, 0.15) is 19.8 Å². The van der Waals surface area contributed by atoms with Gasteiger partial charge >= 0.3 is 0 Å². The smallest absolute Gasteiger partial charge is 0.243 e. The van der Waals surface area contributed by atoms with Gasteiger partial charge in [-0.25, -0.2) is 8.42 Å². The van der Waals surface area contributed by atoms with Crippen molar-refractivity contribution in [3.05, 3.63) is 47.6 Å². The Morgan fingerprint density at radius 2 is 2.16 bits per heavy atom. The first kappa shape index (κ1) is 22.0. The SMILES string of the molecule is CCOc1ccc(S(=O)(=O)N2CCC[C@H](C(=O)Nc3ccc4sncc4c3)C2)cc1Cl. The molecule has 0 spiro atoms. The van der Waals surface area contributed by atoms with Crippen molar-refractivity contribution in [2.24, 2.45) is 5.92 Å². The number of fused-ring (bicyclic) bond motifs is 1. The van der Waals surface area contributed by atoms with Crippen LogP contribution in [0.4, 0.5) is 5.69 Å². The third kappa shape index (κ3) is 4.69. The molecule has 164 valence electrons. The highest BCUT2D eigenvalue weighted by atomic mass is 35.5. The lowest BCUT2D eigenvalue weighted by atomic mass is 9.98. The van der Waals surface area contributed by atoms with Crippen molar-refractivity contribution in [1.82, 2.24) is 8.68 Å². The highest BCUT2D eigenvalue weighted by Crippen LogP contribution is 2.31. The van der Waals surface area contributed by atoms with Crippen LogP contribution in [-0.4, -0.2) is 42.7 Å². The number of sulfonamides is 1. The molecule has 1 N–H and O–H groups in total. The minimum atomic E-state index is -3.77. The number of nitrogens with one attached hydrogen (secondary N) is 1. The van der Waals surface area contributed by atoms with E-state index in [2.05, 4.69) is 9.69 Å². The van der Waals surface area contributed by atoms with Gasteiger partial charge in [0, 0.05) is 30.4 Å². The van der Waals surface area contributed by atoms with Crippen molar-refractivity contribution in [3.8, 4) is 5.75 Å². The average Bonchev–Trinajstić information content (AvgIpc) is 3.23. The van der Waals surface area contributed by atoms with Gasteiger partial charge in [-0.3, -0.25) is 4.79 Å². The molecular weight excluding hydrogens is 458 g/mol. The molecule has 0 radical (unpaired) electrons. The van der Waals surface area contributed by atoms with E-state index in [-0.39, 0.29) is 22.4 Å². The van der Waals surface area contributed by atoms with E-state index in [0.717, 1.165) is 10.1 Å². The number of carbonyl (C=O) groups is 1. The number of rotatable bonds is 6. The van der Waals surface area contributed by atoms with Gasteiger partial charge < -0.3 is 10.1 Å². The number of ether oxygens (including phenoxy) is 1. The van der Waals surface area contributed by atoms with E-state index in [1.165, 1.54) is 28.0 Å². The van der Waals surface area contributed by atoms with E-state index in [1.54, 1.807) is 12.3 Å². The van der Waals surface area contributed by atoms with E-state index in [1.807, 2.05) is 25.1 Å². The zero-order chi connectivity index (χ0) is 22.0. The van der Waals surface area contributed by atoms with Gasteiger partial charge in [0.2, 0.25) is 15.9 Å². The molecule has 31 heavy (non-hydrogen) atoms.